The highest BCUT2D eigenvalue weighted by Crippen LogP contribution is 2.27. The third-order valence-electron chi connectivity index (χ3n) is 3.05. The molecule has 0 spiro atoms. The van der Waals surface area contributed by atoms with Crippen LogP contribution in [0.4, 0.5) is 5.69 Å². The molecular weight excluding hydrogens is 280 g/mol. The maximum Gasteiger partial charge on any atom is 0.0714 e. The molecule has 0 bridgehead atoms. The SMILES string of the molecule is Brc1ccnc2ccc(N3CCOCC3)cc12. The summed E-state index contributed by atoms with van der Waals surface area (Å²) in [6.07, 6.45) is 1.82. The second-order valence-corrected chi connectivity index (χ2v) is 4.95. The predicted molar refractivity (Wildman–Crippen MR) is 72.5 cm³/mol. The van der Waals surface area contributed by atoms with Crippen molar-refractivity contribution in [3.8, 4) is 0 Å². The van der Waals surface area contributed by atoms with Crippen molar-refractivity contribution in [3.05, 3.63) is 34.9 Å². The zero-order valence-corrected chi connectivity index (χ0v) is 11.0. The molecule has 0 unspecified atom stereocenters. The molecule has 0 N–H and O–H groups in total. The third kappa shape index (κ3) is 2.15. The van der Waals surface area contributed by atoms with Gasteiger partial charge in [0.15, 0.2) is 0 Å². The Morgan fingerprint density at radius 3 is 2.82 bits per heavy atom. The molecule has 0 amide bonds. The molecule has 1 aromatic heterocycles. The van der Waals surface area contributed by atoms with Crippen LogP contribution in [-0.4, -0.2) is 31.3 Å². The van der Waals surface area contributed by atoms with Crippen LogP contribution in [0.5, 0.6) is 0 Å². The van der Waals surface area contributed by atoms with Gasteiger partial charge in [-0.2, -0.15) is 0 Å². The molecule has 0 atom stereocenters. The minimum atomic E-state index is 0.812. The monoisotopic (exact) mass is 292 g/mol. The van der Waals surface area contributed by atoms with E-state index in [0.717, 1.165) is 41.7 Å². The highest BCUT2D eigenvalue weighted by molar-refractivity contribution is 9.10. The Labute approximate surface area is 109 Å². The Morgan fingerprint density at radius 1 is 1.18 bits per heavy atom. The summed E-state index contributed by atoms with van der Waals surface area (Å²) in [4.78, 5) is 6.70. The first-order chi connectivity index (χ1) is 8.34. The number of hydrogen-bond donors (Lipinski definition) is 0. The maximum atomic E-state index is 5.37. The molecule has 88 valence electrons. The number of hydrogen-bond acceptors (Lipinski definition) is 3. The fourth-order valence-electron chi connectivity index (χ4n) is 2.12. The van der Waals surface area contributed by atoms with Crippen molar-refractivity contribution in [3.63, 3.8) is 0 Å². The van der Waals surface area contributed by atoms with E-state index in [1.807, 2.05) is 12.3 Å². The smallest absolute Gasteiger partial charge is 0.0714 e. The number of nitrogens with zero attached hydrogens (tertiary/aromatic N) is 2. The Balaban J connectivity index is 2.03. The molecule has 0 saturated carbocycles. The summed E-state index contributed by atoms with van der Waals surface area (Å²) in [6.45, 7) is 3.55. The normalized spacial score (nSPS) is 16.4. The fourth-order valence-corrected chi connectivity index (χ4v) is 2.55. The lowest BCUT2D eigenvalue weighted by Crippen LogP contribution is -2.36. The van der Waals surface area contributed by atoms with Crippen LogP contribution in [0.3, 0.4) is 0 Å². The molecule has 0 radical (unpaired) electrons. The molecule has 1 fully saturated rings. The Hall–Kier alpha value is -1.13. The molecule has 17 heavy (non-hydrogen) atoms. The van der Waals surface area contributed by atoms with Crippen LogP contribution in [0.25, 0.3) is 10.9 Å². The highest BCUT2D eigenvalue weighted by Gasteiger charge is 2.12. The molecule has 3 nitrogen and oxygen atoms in total. The van der Waals surface area contributed by atoms with Gasteiger partial charge in [0, 0.05) is 34.8 Å². The molecule has 1 saturated heterocycles. The number of halogens is 1. The first-order valence-corrected chi connectivity index (χ1v) is 6.51. The van der Waals surface area contributed by atoms with Crippen LogP contribution < -0.4 is 4.90 Å². The van der Waals surface area contributed by atoms with Gasteiger partial charge in [0.25, 0.3) is 0 Å². The molecule has 1 aliphatic heterocycles. The van der Waals surface area contributed by atoms with E-state index in [9.17, 15) is 0 Å². The average molecular weight is 293 g/mol. The summed E-state index contributed by atoms with van der Waals surface area (Å²) in [7, 11) is 0. The molecule has 1 aliphatic rings. The van der Waals surface area contributed by atoms with Gasteiger partial charge in [-0.15, -0.1) is 0 Å². The summed E-state index contributed by atoms with van der Waals surface area (Å²) in [5, 5.41) is 1.16. The predicted octanol–water partition coefficient (Wildman–Crippen LogP) is 2.83. The zero-order chi connectivity index (χ0) is 11.7. The van der Waals surface area contributed by atoms with Crippen molar-refractivity contribution < 1.29 is 4.74 Å². The van der Waals surface area contributed by atoms with Gasteiger partial charge in [0.1, 0.15) is 0 Å². The van der Waals surface area contributed by atoms with Gasteiger partial charge in [-0.1, -0.05) is 15.9 Å². The summed E-state index contributed by atoms with van der Waals surface area (Å²) in [5.41, 5.74) is 2.27. The molecule has 3 rings (SSSR count). The quantitative estimate of drug-likeness (QED) is 0.808. The second kappa shape index (κ2) is 4.63. The second-order valence-electron chi connectivity index (χ2n) is 4.09. The van der Waals surface area contributed by atoms with E-state index in [-0.39, 0.29) is 0 Å². The molecule has 1 aromatic carbocycles. The fraction of sp³-hybridized carbons (Fsp3) is 0.308. The van der Waals surface area contributed by atoms with Crippen molar-refractivity contribution in [2.75, 3.05) is 31.2 Å². The Kier molecular flexibility index (Phi) is 2.99. The van der Waals surface area contributed by atoms with Crippen LogP contribution in [0.2, 0.25) is 0 Å². The van der Waals surface area contributed by atoms with Crippen LogP contribution in [0, 0.1) is 0 Å². The van der Waals surface area contributed by atoms with Gasteiger partial charge in [0.2, 0.25) is 0 Å². The Bertz CT molecular complexity index is 538. The molecule has 0 aliphatic carbocycles. The van der Waals surface area contributed by atoms with Crippen molar-refractivity contribution in [2.24, 2.45) is 0 Å². The first kappa shape index (κ1) is 11.0. The largest absolute Gasteiger partial charge is 0.378 e. The summed E-state index contributed by atoms with van der Waals surface area (Å²) < 4.78 is 6.46. The summed E-state index contributed by atoms with van der Waals surface area (Å²) >= 11 is 3.57. The topological polar surface area (TPSA) is 25.4 Å². The van der Waals surface area contributed by atoms with Crippen molar-refractivity contribution in [2.45, 2.75) is 0 Å². The van der Waals surface area contributed by atoms with Gasteiger partial charge in [-0.25, -0.2) is 0 Å². The summed E-state index contributed by atoms with van der Waals surface area (Å²) in [6, 6.07) is 8.38. The number of rotatable bonds is 1. The van der Waals surface area contributed by atoms with E-state index in [4.69, 9.17) is 4.74 Å². The third-order valence-corrected chi connectivity index (χ3v) is 3.74. The van der Waals surface area contributed by atoms with E-state index in [2.05, 4.69) is 44.0 Å². The van der Waals surface area contributed by atoms with Gasteiger partial charge < -0.3 is 9.64 Å². The van der Waals surface area contributed by atoms with Crippen LogP contribution in [0.1, 0.15) is 0 Å². The van der Waals surface area contributed by atoms with Gasteiger partial charge in [-0.3, -0.25) is 4.98 Å². The number of morpholine rings is 1. The van der Waals surface area contributed by atoms with Gasteiger partial charge in [-0.05, 0) is 24.3 Å². The zero-order valence-electron chi connectivity index (χ0n) is 9.40. The number of benzene rings is 1. The van der Waals surface area contributed by atoms with Crippen molar-refractivity contribution in [1.29, 1.82) is 0 Å². The van der Waals surface area contributed by atoms with E-state index in [1.54, 1.807) is 0 Å². The van der Waals surface area contributed by atoms with Crippen LogP contribution in [-0.2, 0) is 4.74 Å². The number of ether oxygens (including phenoxy) is 1. The lowest BCUT2D eigenvalue weighted by molar-refractivity contribution is 0.122. The standard InChI is InChI=1S/C13H13BrN2O/c14-12-3-4-15-13-2-1-10(9-11(12)13)16-5-7-17-8-6-16/h1-4,9H,5-8H2. The lowest BCUT2D eigenvalue weighted by Gasteiger charge is -2.29. The maximum absolute atomic E-state index is 5.37. The minimum absolute atomic E-state index is 0.812. The average Bonchev–Trinajstić information content (AvgIpc) is 2.40. The minimum Gasteiger partial charge on any atom is -0.378 e. The molecular formula is C13H13BrN2O. The van der Waals surface area contributed by atoms with Crippen LogP contribution >= 0.6 is 15.9 Å². The Morgan fingerprint density at radius 2 is 2.00 bits per heavy atom. The highest BCUT2D eigenvalue weighted by atomic mass is 79.9. The molecule has 4 heteroatoms. The van der Waals surface area contributed by atoms with Gasteiger partial charge >= 0.3 is 0 Å². The van der Waals surface area contributed by atoms with Crippen molar-refractivity contribution >= 4 is 32.5 Å². The van der Waals surface area contributed by atoms with E-state index < -0.39 is 0 Å². The number of fused-ring (bicyclic) bond motifs is 1. The number of aromatic nitrogens is 1. The van der Waals surface area contributed by atoms with E-state index in [1.165, 1.54) is 5.69 Å². The summed E-state index contributed by atoms with van der Waals surface area (Å²) in [5.74, 6) is 0. The van der Waals surface area contributed by atoms with E-state index >= 15 is 0 Å². The molecule has 2 aromatic rings. The lowest BCUT2D eigenvalue weighted by atomic mass is 10.2. The van der Waals surface area contributed by atoms with E-state index in [0.29, 0.717) is 0 Å². The number of anilines is 1. The molecule has 2 heterocycles. The number of pyridine rings is 1. The van der Waals surface area contributed by atoms with Crippen molar-refractivity contribution in [1.82, 2.24) is 4.98 Å². The van der Waals surface area contributed by atoms with Gasteiger partial charge in [0.05, 0.1) is 18.7 Å². The first-order valence-electron chi connectivity index (χ1n) is 5.71. The van der Waals surface area contributed by atoms with Crippen LogP contribution in [0.15, 0.2) is 34.9 Å².